The summed E-state index contributed by atoms with van der Waals surface area (Å²) >= 11 is 0. The van der Waals surface area contributed by atoms with E-state index in [1.165, 1.54) is 31.4 Å². The second kappa shape index (κ2) is 9.32. The highest BCUT2D eigenvalue weighted by Gasteiger charge is 2.17. The Morgan fingerprint density at radius 1 is 0.867 bits per heavy atom. The second-order valence-electron chi connectivity index (χ2n) is 6.29. The van der Waals surface area contributed by atoms with Crippen LogP contribution >= 0.6 is 0 Å². The average molecular weight is 427 g/mol. The second-order valence-corrected chi connectivity index (χ2v) is 7.97. The molecule has 0 fully saturated rings. The number of nitrogens with one attached hydrogen (secondary N) is 1. The fourth-order valence-electron chi connectivity index (χ4n) is 2.66. The van der Waals surface area contributed by atoms with E-state index < -0.39 is 16.0 Å². The fourth-order valence-corrected chi connectivity index (χ4v) is 3.76. The maximum absolute atomic E-state index is 12.7. The molecule has 0 spiro atoms. The molecule has 156 valence electrons. The van der Waals surface area contributed by atoms with Crippen LogP contribution in [0.3, 0.4) is 0 Å². The van der Waals surface area contributed by atoms with Crippen LogP contribution in [0.1, 0.15) is 15.9 Å². The van der Waals surface area contributed by atoms with Crippen LogP contribution in [0, 0.1) is 0 Å². The van der Waals surface area contributed by atoms with Crippen molar-refractivity contribution in [2.24, 2.45) is 0 Å². The van der Waals surface area contributed by atoms with E-state index in [-0.39, 0.29) is 17.1 Å². The van der Waals surface area contributed by atoms with E-state index in [2.05, 4.69) is 4.72 Å². The van der Waals surface area contributed by atoms with E-state index in [9.17, 15) is 13.2 Å². The number of esters is 1. The van der Waals surface area contributed by atoms with Crippen LogP contribution in [0.4, 0.5) is 5.69 Å². The van der Waals surface area contributed by atoms with Gasteiger partial charge in [-0.2, -0.15) is 0 Å². The number of carbonyl (C=O) groups is 1. The highest BCUT2D eigenvalue weighted by molar-refractivity contribution is 7.92. The lowest BCUT2D eigenvalue weighted by molar-refractivity contribution is 0.0472. The number of sulfonamides is 1. The Morgan fingerprint density at radius 2 is 1.57 bits per heavy atom. The van der Waals surface area contributed by atoms with Gasteiger partial charge in [0.25, 0.3) is 10.0 Å². The van der Waals surface area contributed by atoms with Crippen LogP contribution < -0.4 is 14.2 Å². The molecule has 8 heteroatoms. The molecule has 3 aromatic rings. The zero-order valence-electron chi connectivity index (χ0n) is 16.5. The molecule has 0 aliphatic heterocycles. The quantitative estimate of drug-likeness (QED) is 0.549. The largest absolute Gasteiger partial charge is 0.497 e. The van der Waals surface area contributed by atoms with Crippen molar-refractivity contribution in [3.05, 3.63) is 83.9 Å². The molecule has 3 aromatic carbocycles. The van der Waals surface area contributed by atoms with Crippen molar-refractivity contribution in [3.8, 4) is 11.5 Å². The normalized spacial score (nSPS) is 10.9. The molecule has 0 aliphatic rings. The first-order valence-electron chi connectivity index (χ1n) is 8.98. The summed E-state index contributed by atoms with van der Waals surface area (Å²) in [5.41, 5.74) is 1.27. The van der Waals surface area contributed by atoms with Gasteiger partial charge in [-0.3, -0.25) is 4.72 Å². The molecule has 0 heterocycles. The number of ether oxygens (including phenoxy) is 3. The number of anilines is 1. The molecule has 0 bridgehead atoms. The Kier molecular flexibility index (Phi) is 6.58. The Bertz CT molecular complexity index is 1130. The topological polar surface area (TPSA) is 90.9 Å². The molecule has 0 radical (unpaired) electrons. The molecule has 0 atom stereocenters. The lowest BCUT2D eigenvalue weighted by atomic mass is 10.2. The lowest BCUT2D eigenvalue weighted by Crippen LogP contribution is -2.14. The van der Waals surface area contributed by atoms with Crippen molar-refractivity contribution < 1.29 is 27.4 Å². The van der Waals surface area contributed by atoms with Crippen LogP contribution in [-0.4, -0.2) is 28.6 Å². The van der Waals surface area contributed by atoms with Crippen LogP contribution in [0.5, 0.6) is 11.5 Å². The summed E-state index contributed by atoms with van der Waals surface area (Å²) in [6.07, 6.45) is 0. The third kappa shape index (κ3) is 5.30. The summed E-state index contributed by atoms with van der Waals surface area (Å²) in [7, 11) is -0.802. The van der Waals surface area contributed by atoms with E-state index in [1.807, 2.05) is 0 Å². The lowest BCUT2D eigenvalue weighted by Gasteiger charge is -2.10. The van der Waals surface area contributed by atoms with Crippen LogP contribution in [0.2, 0.25) is 0 Å². The average Bonchev–Trinajstić information content (AvgIpc) is 2.78. The van der Waals surface area contributed by atoms with E-state index >= 15 is 0 Å². The number of carbonyl (C=O) groups excluding carboxylic acids is 1. The summed E-state index contributed by atoms with van der Waals surface area (Å²) in [6.45, 7) is 0.0388. The Morgan fingerprint density at radius 3 is 2.27 bits per heavy atom. The standard InChI is InChI=1S/C22H21NO6S/c1-27-19-11-9-18(10-12-19)23-30(25,26)21-8-4-6-17(14-21)22(24)29-15-16-5-3-7-20(13-16)28-2/h3-14,23H,15H2,1-2H3. The van der Waals surface area contributed by atoms with Crippen LogP contribution in [0.15, 0.2) is 77.7 Å². The number of hydrogen-bond acceptors (Lipinski definition) is 6. The molecule has 0 unspecified atom stereocenters. The minimum atomic E-state index is -3.88. The Hall–Kier alpha value is -3.52. The fraction of sp³-hybridized carbons (Fsp3) is 0.136. The maximum Gasteiger partial charge on any atom is 0.338 e. The van der Waals surface area contributed by atoms with Gasteiger partial charge in [0, 0.05) is 5.69 Å². The number of hydrogen-bond donors (Lipinski definition) is 1. The van der Waals surface area contributed by atoms with E-state index in [0.717, 1.165) is 5.56 Å². The van der Waals surface area contributed by atoms with E-state index in [1.54, 1.807) is 55.6 Å². The summed E-state index contributed by atoms with van der Waals surface area (Å²) in [5.74, 6) is 0.638. The van der Waals surface area contributed by atoms with Crippen molar-refractivity contribution in [2.75, 3.05) is 18.9 Å². The maximum atomic E-state index is 12.7. The first-order chi connectivity index (χ1) is 14.4. The smallest absolute Gasteiger partial charge is 0.338 e. The summed E-state index contributed by atoms with van der Waals surface area (Å²) in [5, 5.41) is 0. The number of rotatable bonds is 8. The van der Waals surface area contributed by atoms with Gasteiger partial charge < -0.3 is 14.2 Å². The molecule has 0 saturated heterocycles. The third-order valence-corrected chi connectivity index (χ3v) is 5.61. The van der Waals surface area contributed by atoms with Crippen LogP contribution in [0.25, 0.3) is 0 Å². The highest BCUT2D eigenvalue weighted by Crippen LogP contribution is 2.20. The minimum Gasteiger partial charge on any atom is -0.497 e. The molecule has 30 heavy (non-hydrogen) atoms. The first kappa shape index (κ1) is 21.2. The molecule has 0 aromatic heterocycles. The zero-order valence-corrected chi connectivity index (χ0v) is 17.3. The molecular weight excluding hydrogens is 406 g/mol. The molecule has 0 amide bonds. The number of benzene rings is 3. The summed E-state index contributed by atoms with van der Waals surface area (Å²) < 4.78 is 43.3. The Balaban J connectivity index is 1.71. The van der Waals surface area contributed by atoms with Gasteiger partial charge >= 0.3 is 5.97 Å². The van der Waals surface area contributed by atoms with Gasteiger partial charge in [-0.15, -0.1) is 0 Å². The van der Waals surface area contributed by atoms with Crippen molar-refractivity contribution in [1.29, 1.82) is 0 Å². The molecule has 1 N–H and O–H groups in total. The monoisotopic (exact) mass is 427 g/mol. The minimum absolute atomic E-state index is 0.0388. The van der Waals surface area contributed by atoms with Gasteiger partial charge in [0.15, 0.2) is 0 Å². The molecule has 7 nitrogen and oxygen atoms in total. The molecule has 0 aliphatic carbocycles. The van der Waals surface area contributed by atoms with Gasteiger partial charge in [0.05, 0.1) is 24.7 Å². The van der Waals surface area contributed by atoms with E-state index in [0.29, 0.717) is 17.2 Å². The van der Waals surface area contributed by atoms with Crippen molar-refractivity contribution >= 4 is 21.7 Å². The Labute approximate surface area is 175 Å². The van der Waals surface area contributed by atoms with Gasteiger partial charge in [-0.1, -0.05) is 18.2 Å². The van der Waals surface area contributed by atoms with E-state index in [4.69, 9.17) is 14.2 Å². The van der Waals surface area contributed by atoms with Crippen molar-refractivity contribution in [1.82, 2.24) is 0 Å². The zero-order chi connectivity index (χ0) is 21.6. The number of methoxy groups -OCH3 is 2. The van der Waals surface area contributed by atoms with Gasteiger partial charge in [0.1, 0.15) is 18.1 Å². The van der Waals surface area contributed by atoms with Crippen LogP contribution in [-0.2, 0) is 21.4 Å². The van der Waals surface area contributed by atoms with Crippen molar-refractivity contribution in [2.45, 2.75) is 11.5 Å². The van der Waals surface area contributed by atoms with Gasteiger partial charge in [-0.05, 0) is 60.2 Å². The molecular formula is C22H21NO6S. The predicted molar refractivity (Wildman–Crippen MR) is 112 cm³/mol. The molecule has 3 rings (SSSR count). The SMILES string of the molecule is COc1ccc(NS(=O)(=O)c2cccc(C(=O)OCc3cccc(OC)c3)c2)cc1. The van der Waals surface area contributed by atoms with Crippen molar-refractivity contribution in [3.63, 3.8) is 0 Å². The van der Waals surface area contributed by atoms with Gasteiger partial charge in [-0.25, -0.2) is 13.2 Å². The van der Waals surface area contributed by atoms with Gasteiger partial charge in [0.2, 0.25) is 0 Å². The summed E-state index contributed by atoms with van der Waals surface area (Å²) in [6, 6.07) is 19.3. The third-order valence-electron chi connectivity index (χ3n) is 4.23. The highest BCUT2D eigenvalue weighted by atomic mass is 32.2. The predicted octanol–water partition coefficient (Wildman–Crippen LogP) is 3.86. The molecule has 0 saturated carbocycles. The first-order valence-corrected chi connectivity index (χ1v) is 10.5. The summed E-state index contributed by atoms with van der Waals surface area (Å²) in [4.78, 5) is 12.4.